The molecule has 1 aliphatic rings. The van der Waals surface area contributed by atoms with Crippen LogP contribution in [0.4, 0.5) is 5.69 Å². The summed E-state index contributed by atoms with van der Waals surface area (Å²) in [7, 11) is 0. The molecule has 0 saturated heterocycles. The van der Waals surface area contributed by atoms with Gasteiger partial charge in [0.1, 0.15) is 0 Å². The number of hydrogen-bond donors (Lipinski definition) is 1. The van der Waals surface area contributed by atoms with Crippen molar-refractivity contribution >= 4 is 27.5 Å². The van der Waals surface area contributed by atoms with Gasteiger partial charge in [-0.15, -0.1) is 0 Å². The van der Waals surface area contributed by atoms with Crippen LogP contribution in [0, 0.1) is 23.7 Å². The topological polar surface area (TPSA) is 29.1 Å². The second-order valence-electron chi connectivity index (χ2n) is 6.32. The summed E-state index contributed by atoms with van der Waals surface area (Å²) in [5.41, 5.74) is 2.15. The largest absolute Gasteiger partial charge is 0.326 e. The van der Waals surface area contributed by atoms with Gasteiger partial charge in [-0.1, -0.05) is 43.6 Å². The Morgan fingerprint density at radius 1 is 1.22 bits per heavy atom. The Kier molecular flexibility index (Phi) is 3.09. The van der Waals surface area contributed by atoms with Gasteiger partial charge in [-0.05, 0) is 41.5 Å². The van der Waals surface area contributed by atoms with Crippen LogP contribution in [-0.2, 0) is 4.79 Å². The summed E-state index contributed by atoms with van der Waals surface area (Å²) in [6, 6.07) is 5.91. The van der Waals surface area contributed by atoms with Gasteiger partial charge in [0, 0.05) is 16.1 Å². The van der Waals surface area contributed by atoms with Gasteiger partial charge >= 0.3 is 0 Å². The van der Waals surface area contributed by atoms with Gasteiger partial charge in [0.05, 0.1) is 0 Å². The van der Waals surface area contributed by atoms with E-state index in [0.29, 0.717) is 0 Å². The smallest absolute Gasteiger partial charge is 0.228 e. The van der Waals surface area contributed by atoms with Crippen LogP contribution in [0.5, 0.6) is 0 Å². The van der Waals surface area contributed by atoms with E-state index in [-0.39, 0.29) is 22.7 Å². The molecule has 1 N–H and O–H groups in total. The van der Waals surface area contributed by atoms with Crippen molar-refractivity contribution in [2.45, 2.75) is 34.6 Å². The summed E-state index contributed by atoms with van der Waals surface area (Å²) < 4.78 is 1.03. The minimum absolute atomic E-state index is 0.0837. The number of rotatable bonds is 2. The van der Waals surface area contributed by atoms with Crippen LogP contribution in [0.15, 0.2) is 22.7 Å². The molecule has 0 atom stereocenters. The highest BCUT2D eigenvalue weighted by atomic mass is 79.9. The highest BCUT2D eigenvalue weighted by molar-refractivity contribution is 9.10. The molecule has 98 valence electrons. The summed E-state index contributed by atoms with van der Waals surface area (Å²) in [6.07, 6.45) is 0. The molecule has 2 nitrogen and oxygen atoms in total. The highest BCUT2D eigenvalue weighted by Crippen LogP contribution is 2.68. The lowest BCUT2D eigenvalue weighted by Crippen LogP contribution is -2.18. The normalized spacial score (nSPS) is 20.6. The van der Waals surface area contributed by atoms with Crippen LogP contribution in [0.3, 0.4) is 0 Å². The molecule has 3 heteroatoms. The lowest BCUT2D eigenvalue weighted by molar-refractivity contribution is -0.118. The van der Waals surface area contributed by atoms with E-state index in [2.05, 4.69) is 48.9 Å². The number of nitrogens with one attached hydrogen (secondary N) is 1. The van der Waals surface area contributed by atoms with Crippen molar-refractivity contribution in [2.75, 3.05) is 5.32 Å². The van der Waals surface area contributed by atoms with Crippen LogP contribution in [-0.4, -0.2) is 5.91 Å². The molecule has 0 unspecified atom stereocenters. The van der Waals surface area contributed by atoms with Crippen molar-refractivity contribution in [3.05, 3.63) is 28.2 Å². The number of anilines is 1. The molecule has 1 aromatic rings. The Balaban J connectivity index is 2.14. The predicted molar refractivity (Wildman–Crippen MR) is 78.6 cm³/mol. The van der Waals surface area contributed by atoms with E-state index in [0.717, 1.165) is 15.7 Å². The fraction of sp³-hybridized carbons (Fsp3) is 0.533. The lowest BCUT2D eigenvalue weighted by atomic mass is 10.0. The maximum atomic E-state index is 12.3. The van der Waals surface area contributed by atoms with Gasteiger partial charge in [0.15, 0.2) is 0 Å². The monoisotopic (exact) mass is 309 g/mol. The third-order valence-electron chi connectivity index (χ3n) is 4.73. The Bertz CT molecular complexity index is 491. The molecule has 1 saturated carbocycles. The number of aryl methyl sites for hydroxylation is 1. The van der Waals surface area contributed by atoms with E-state index in [1.807, 2.05) is 25.1 Å². The standard InChI is InChI=1S/C15H20BrNO/c1-9-8-10(16)6-7-11(9)17-13(18)12-14(2,3)15(12,4)5/h6-8,12H,1-5H3,(H,17,18). The van der Waals surface area contributed by atoms with Crippen molar-refractivity contribution in [3.63, 3.8) is 0 Å². The summed E-state index contributed by atoms with van der Waals surface area (Å²) in [4.78, 5) is 12.3. The summed E-state index contributed by atoms with van der Waals surface area (Å²) in [5.74, 6) is 0.225. The van der Waals surface area contributed by atoms with Crippen LogP contribution in [0.2, 0.25) is 0 Å². The first kappa shape index (κ1) is 13.6. The van der Waals surface area contributed by atoms with Crippen molar-refractivity contribution < 1.29 is 4.79 Å². The van der Waals surface area contributed by atoms with Crippen LogP contribution >= 0.6 is 15.9 Å². The van der Waals surface area contributed by atoms with Crippen molar-refractivity contribution in [1.29, 1.82) is 0 Å². The van der Waals surface area contributed by atoms with Gasteiger partial charge in [-0.3, -0.25) is 4.79 Å². The molecule has 0 radical (unpaired) electrons. The first-order valence-electron chi connectivity index (χ1n) is 6.25. The zero-order valence-electron chi connectivity index (χ0n) is 11.6. The minimum atomic E-state index is 0.0837. The average Bonchev–Trinajstić information content (AvgIpc) is 2.62. The van der Waals surface area contributed by atoms with Crippen molar-refractivity contribution in [3.8, 4) is 0 Å². The summed E-state index contributed by atoms with van der Waals surface area (Å²) in [6.45, 7) is 10.6. The zero-order chi connectivity index (χ0) is 13.7. The Morgan fingerprint density at radius 2 is 1.78 bits per heavy atom. The van der Waals surface area contributed by atoms with E-state index < -0.39 is 0 Å². The number of carbonyl (C=O) groups is 1. The molecule has 0 bridgehead atoms. The second kappa shape index (κ2) is 4.09. The SMILES string of the molecule is Cc1cc(Br)ccc1NC(=O)C1C(C)(C)C1(C)C. The minimum Gasteiger partial charge on any atom is -0.326 e. The van der Waals surface area contributed by atoms with Crippen molar-refractivity contribution in [1.82, 2.24) is 0 Å². The zero-order valence-corrected chi connectivity index (χ0v) is 13.2. The van der Waals surface area contributed by atoms with E-state index in [1.165, 1.54) is 0 Å². The van der Waals surface area contributed by atoms with Crippen LogP contribution in [0.25, 0.3) is 0 Å². The molecule has 1 aromatic carbocycles. The predicted octanol–water partition coefficient (Wildman–Crippen LogP) is 4.38. The molecular weight excluding hydrogens is 290 g/mol. The lowest BCUT2D eigenvalue weighted by Gasteiger charge is -2.09. The van der Waals surface area contributed by atoms with Crippen LogP contribution < -0.4 is 5.32 Å². The molecule has 1 aliphatic carbocycles. The van der Waals surface area contributed by atoms with Crippen LogP contribution in [0.1, 0.15) is 33.3 Å². The number of carbonyl (C=O) groups excluding carboxylic acids is 1. The molecule has 1 fully saturated rings. The highest BCUT2D eigenvalue weighted by Gasteiger charge is 2.68. The molecule has 1 amide bonds. The fourth-order valence-corrected chi connectivity index (χ4v) is 3.30. The molecule has 0 aliphatic heterocycles. The molecular formula is C15H20BrNO. The maximum absolute atomic E-state index is 12.3. The fourth-order valence-electron chi connectivity index (χ4n) is 2.82. The van der Waals surface area contributed by atoms with Crippen molar-refractivity contribution in [2.24, 2.45) is 16.7 Å². The molecule has 0 aromatic heterocycles. The first-order valence-corrected chi connectivity index (χ1v) is 7.04. The number of hydrogen-bond acceptors (Lipinski definition) is 1. The van der Waals surface area contributed by atoms with Gasteiger partial charge in [-0.25, -0.2) is 0 Å². The maximum Gasteiger partial charge on any atom is 0.228 e. The Hall–Kier alpha value is -0.830. The van der Waals surface area contributed by atoms with Gasteiger partial charge < -0.3 is 5.32 Å². The second-order valence-corrected chi connectivity index (χ2v) is 7.24. The number of amides is 1. The molecule has 18 heavy (non-hydrogen) atoms. The quantitative estimate of drug-likeness (QED) is 0.863. The first-order chi connectivity index (χ1) is 8.18. The van der Waals surface area contributed by atoms with E-state index in [1.54, 1.807) is 0 Å². The van der Waals surface area contributed by atoms with Gasteiger partial charge in [0.2, 0.25) is 5.91 Å². The van der Waals surface area contributed by atoms with E-state index >= 15 is 0 Å². The summed E-state index contributed by atoms with van der Waals surface area (Å²) in [5, 5.41) is 3.05. The van der Waals surface area contributed by atoms with Gasteiger partial charge in [-0.2, -0.15) is 0 Å². The molecule has 0 heterocycles. The third-order valence-corrected chi connectivity index (χ3v) is 5.22. The average molecular weight is 310 g/mol. The number of halogens is 1. The molecule has 0 spiro atoms. The van der Waals surface area contributed by atoms with Gasteiger partial charge in [0.25, 0.3) is 0 Å². The Labute approximate surface area is 117 Å². The summed E-state index contributed by atoms with van der Waals surface area (Å²) >= 11 is 3.43. The Morgan fingerprint density at radius 3 is 2.22 bits per heavy atom. The molecule has 2 rings (SSSR count). The van der Waals surface area contributed by atoms with E-state index in [4.69, 9.17) is 0 Å². The number of benzene rings is 1. The third kappa shape index (κ3) is 1.99. The van der Waals surface area contributed by atoms with E-state index in [9.17, 15) is 4.79 Å².